The quantitative estimate of drug-likeness (QED) is 0.786. The molecule has 2 amide bonds. The number of amides is 2. The van der Waals surface area contributed by atoms with Crippen LogP contribution in [0, 0.1) is 0 Å². The summed E-state index contributed by atoms with van der Waals surface area (Å²) in [5, 5.41) is 0.590. The summed E-state index contributed by atoms with van der Waals surface area (Å²) in [5.74, 6) is -0.197. The molecule has 1 saturated heterocycles. The van der Waals surface area contributed by atoms with Gasteiger partial charge in [0.1, 0.15) is 6.54 Å². The Morgan fingerprint density at radius 3 is 2.62 bits per heavy atom. The molecule has 2 aromatic rings. The number of hydrogen-bond acceptors (Lipinski definition) is 3. The highest BCUT2D eigenvalue weighted by molar-refractivity contribution is 7.98. The van der Waals surface area contributed by atoms with E-state index in [0.717, 1.165) is 10.6 Å². The molecule has 0 atom stereocenters. The number of thioether (sulfide) groups is 1. The van der Waals surface area contributed by atoms with Gasteiger partial charge >= 0.3 is 0 Å². The standard InChI is InChI=1S/C18H17ClN2O2S/c1-24-16-8-3-2-7-15(16)18(23)20-9-10-21(17(22)12-20)14-6-4-5-13(19)11-14/h2-8,11H,9-10,12H2,1H3. The largest absolute Gasteiger partial charge is 0.327 e. The number of benzene rings is 2. The third-order valence-corrected chi connectivity index (χ3v) is 5.00. The molecule has 0 N–H and O–H groups in total. The topological polar surface area (TPSA) is 40.6 Å². The van der Waals surface area contributed by atoms with E-state index in [0.29, 0.717) is 23.7 Å². The zero-order valence-corrected chi connectivity index (χ0v) is 14.8. The predicted molar refractivity (Wildman–Crippen MR) is 97.9 cm³/mol. The second-order valence-electron chi connectivity index (χ2n) is 5.45. The van der Waals surface area contributed by atoms with Gasteiger partial charge in [-0.1, -0.05) is 29.8 Å². The van der Waals surface area contributed by atoms with Crippen molar-refractivity contribution in [2.45, 2.75) is 4.90 Å². The van der Waals surface area contributed by atoms with Crippen molar-refractivity contribution < 1.29 is 9.59 Å². The normalized spacial score (nSPS) is 14.8. The Labute approximate surface area is 150 Å². The molecule has 0 bridgehead atoms. The van der Waals surface area contributed by atoms with Crippen molar-refractivity contribution >= 4 is 40.9 Å². The maximum Gasteiger partial charge on any atom is 0.255 e. The fraction of sp³-hybridized carbons (Fsp3) is 0.222. The number of anilines is 1. The molecule has 24 heavy (non-hydrogen) atoms. The molecule has 0 spiro atoms. The fourth-order valence-corrected chi connectivity index (χ4v) is 3.53. The molecule has 6 heteroatoms. The number of carbonyl (C=O) groups is 2. The first-order chi connectivity index (χ1) is 11.6. The summed E-state index contributed by atoms with van der Waals surface area (Å²) in [7, 11) is 0. The van der Waals surface area contributed by atoms with Crippen LogP contribution in [0.1, 0.15) is 10.4 Å². The molecular formula is C18H17ClN2O2S. The van der Waals surface area contributed by atoms with Gasteiger partial charge in [0, 0.05) is 28.7 Å². The molecule has 1 heterocycles. The first-order valence-electron chi connectivity index (χ1n) is 7.58. The lowest BCUT2D eigenvalue weighted by molar-refractivity contribution is -0.120. The predicted octanol–water partition coefficient (Wildman–Crippen LogP) is 3.55. The lowest BCUT2D eigenvalue weighted by Crippen LogP contribution is -2.52. The van der Waals surface area contributed by atoms with Gasteiger partial charge in [-0.3, -0.25) is 9.59 Å². The maximum atomic E-state index is 12.7. The summed E-state index contributed by atoms with van der Waals surface area (Å²) in [5.41, 5.74) is 1.41. The third kappa shape index (κ3) is 3.42. The Balaban J connectivity index is 1.76. The van der Waals surface area contributed by atoms with Gasteiger partial charge in [0.15, 0.2) is 0 Å². The monoisotopic (exact) mass is 360 g/mol. The smallest absolute Gasteiger partial charge is 0.255 e. The lowest BCUT2D eigenvalue weighted by Gasteiger charge is -2.34. The Hall–Kier alpha value is -1.98. The van der Waals surface area contributed by atoms with Gasteiger partial charge in [0.25, 0.3) is 5.91 Å². The highest BCUT2D eigenvalue weighted by atomic mass is 35.5. The van der Waals surface area contributed by atoms with Crippen molar-refractivity contribution in [1.82, 2.24) is 4.90 Å². The van der Waals surface area contributed by atoms with E-state index in [4.69, 9.17) is 11.6 Å². The third-order valence-electron chi connectivity index (χ3n) is 3.97. The number of halogens is 1. The van der Waals surface area contributed by atoms with Crippen LogP contribution in [-0.2, 0) is 4.79 Å². The van der Waals surface area contributed by atoms with Crippen molar-refractivity contribution in [3.05, 3.63) is 59.1 Å². The SMILES string of the molecule is CSc1ccccc1C(=O)N1CCN(c2cccc(Cl)c2)C(=O)C1. The first-order valence-corrected chi connectivity index (χ1v) is 9.18. The summed E-state index contributed by atoms with van der Waals surface area (Å²) in [6, 6.07) is 14.7. The minimum absolute atomic E-state index is 0.0774. The van der Waals surface area contributed by atoms with Gasteiger partial charge in [-0.15, -0.1) is 11.8 Å². The van der Waals surface area contributed by atoms with Crippen LogP contribution >= 0.6 is 23.4 Å². The molecule has 1 aliphatic rings. The van der Waals surface area contributed by atoms with Crippen molar-refractivity contribution in [2.24, 2.45) is 0 Å². The minimum Gasteiger partial charge on any atom is -0.327 e. The van der Waals surface area contributed by atoms with E-state index in [1.807, 2.05) is 42.7 Å². The van der Waals surface area contributed by atoms with Gasteiger partial charge in [-0.2, -0.15) is 0 Å². The van der Waals surface area contributed by atoms with Crippen LogP contribution in [0.25, 0.3) is 0 Å². The van der Waals surface area contributed by atoms with Gasteiger partial charge < -0.3 is 9.80 Å². The fourth-order valence-electron chi connectivity index (χ4n) is 2.76. The zero-order chi connectivity index (χ0) is 17.1. The van der Waals surface area contributed by atoms with E-state index in [1.165, 1.54) is 11.8 Å². The highest BCUT2D eigenvalue weighted by Gasteiger charge is 2.29. The van der Waals surface area contributed by atoms with E-state index >= 15 is 0 Å². The summed E-state index contributed by atoms with van der Waals surface area (Å²) in [4.78, 5) is 29.4. The van der Waals surface area contributed by atoms with Crippen LogP contribution in [0.3, 0.4) is 0 Å². The van der Waals surface area contributed by atoms with Crippen LogP contribution in [0.2, 0.25) is 5.02 Å². The Kier molecular flexibility index (Phi) is 5.11. The molecular weight excluding hydrogens is 344 g/mol. The Bertz CT molecular complexity index is 781. The number of hydrogen-bond donors (Lipinski definition) is 0. The number of carbonyl (C=O) groups excluding carboxylic acids is 2. The van der Waals surface area contributed by atoms with Crippen LogP contribution < -0.4 is 4.90 Å². The minimum atomic E-state index is -0.0986. The van der Waals surface area contributed by atoms with Crippen LogP contribution in [0.4, 0.5) is 5.69 Å². The van der Waals surface area contributed by atoms with E-state index in [9.17, 15) is 9.59 Å². The van der Waals surface area contributed by atoms with E-state index in [2.05, 4.69) is 0 Å². The van der Waals surface area contributed by atoms with Crippen molar-refractivity contribution in [3.8, 4) is 0 Å². The van der Waals surface area contributed by atoms with Crippen LogP contribution in [0.15, 0.2) is 53.4 Å². The number of rotatable bonds is 3. The first kappa shape index (κ1) is 16.9. The average Bonchev–Trinajstić information content (AvgIpc) is 2.61. The molecule has 0 aliphatic carbocycles. The summed E-state index contributed by atoms with van der Waals surface area (Å²) < 4.78 is 0. The Morgan fingerprint density at radius 1 is 1.12 bits per heavy atom. The molecule has 0 radical (unpaired) electrons. The van der Waals surface area contributed by atoms with Crippen molar-refractivity contribution in [1.29, 1.82) is 0 Å². The van der Waals surface area contributed by atoms with E-state index in [-0.39, 0.29) is 18.4 Å². The van der Waals surface area contributed by atoms with Gasteiger partial charge in [-0.25, -0.2) is 0 Å². The van der Waals surface area contributed by atoms with Gasteiger partial charge in [0.05, 0.1) is 5.56 Å². The molecule has 4 nitrogen and oxygen atoms in total. The molecule has 0 saturated carbocycles. The van der Waals surface area contributed by atoms with E-state index in [1.54, 1.807) is 21.9 Å². The maximum absolute atomic E-state index is 12.7. The van der Waals surface area contributed by atoms with Gasteiger partial charge in [-0.05, 0) is 36.6 Å². The molecule has 0 unspecified atom stereocenters. The molecule has 0 aromatic heterocycles. The molecule has 1 fully saturated rings. The molecule has 3 rings (SSSR count). The van der Waals surface area contributed by atoms with Crippen LogP contribution in [-0.4, -0.2) is 42.6 Å². The summed E-state index contributed by atoms with van der Waals surface area (Å²) >= 11 is 7.53. The second-order valence-corrected chi connectivity index (χ2v) is 6.74. The molecule has 2 aromatic carbocycles. The van der Waals surface area contributed by atoms with Crippen molar-refractivity contribution in [3.63, 3.8) is 0 Å². The lowest BCUT2D eigenvalue weighted by atomic mass is 10.1. The second kappa shape index (κ2) is 7.28. The molecule has 124 valence electrons. The highest BCUT2D eigenvalue weighted by Crippen LogP contribution is 2.24. The molecule has 1 aliphatic heterocycles. The van der Waals surface area contributed by atoms with Gasteiger partial charge in [0.2, 0.25) is 5.91 Å². The number of piperazine rings is 1. The summed E-state index contributed by atoms with van der Waals surface area (Å²) in [6.07, 6.45) is 1.94. The average molecular weight is 361 g/mol. The van der Waals surface area contributed by atoms with Crippen LogP contribution in [0.5, 0.6) is 0 Å². The van der Waals surface area contributed by atoms with E-state index < -0.39 is 0 Å². The Morgan fingerprint density at radius 2 is 1.92 bits per heavy atom. The van der Waals surface area contributed by atoms with Crippen molar-refractivity contribution in [2.75, 3.05) is 30.8 Å². The number of nitrogens with zero attached hydrogens (tertiary/aromatic N) is 2. The zero-order valence-electron chi connectivity index (χ0n) is 13.2. The summed E-state index contributed by atoms with van der Waals surface area (Å²) in [6.45, 7) is 1.04.